The fourth-order valence-electron chi connectivity index (χ4n) is 1.01. The maximum Gasteiger partial charge on any atom is 0.405 e. The predicted molar refractivity (Wildman–Crippen MR) is 52.0 cm³/mol. The Bertz CT molecular complexity index is 337. The maximum absolute atomic E-state index is 11.7. The molecule has 0 aliphatic carbocycles. The molecular weight excluding hydrogens is 239 g/mol. The molecule has 6 nitrogen and oxygen atoms in total. The van der Waals surface area contributed by atoms with Crippen molar-refractivity contribution in [2.24, 2.45) is 0 Å². The Hall–Kier alpha value is -1.64. The molecule has 17 heavy (non-hydrogen) atoms. The topological polar surface area (TPSA) is 71.8 Å². The SMILES string of the molecule is O=C(CNCCn1ccnn1)NCC(F)(F)F. The summed E-state index contributed by atoms with van der Waals surface area (Å²) in [6, 6.07) is 0. The van der Waals surface area contributed by atoms with Crippen LogP contribution in [0.4, 0.5) is 13.2 Å². The van der Waals surface area contributed by atoms with Gasteiger partial charge in [0.1, 0.15) is 6.54 Å². The van der Waals surface area contributed by atoms with Gasteiger partial charge in [-0.05, 0) is 0 Å². The first kappa shape index (κ1) is 13.4. The highest BCUT2D eigenvalue weighted by Crippen LogP contribution is 2.11. The van der Waals surface area contributed by atoms with E-state index in [2.05, 4.69) is 15.6 Å². The van der Waals surface area contributed by atoms with Crippen LogP contribution in [0, 0.1) is 0 Å². The number of nitrogens with zero attached hydrogens (tertiary/aromatic N) is 3. The lowest BCUT2D eigenvalue weighted by Crippen LogP contribution is -2.39. The molecule has 0 bridgehead atoms. The van der Waals surface area contributed by atoms with Crippen molar-refractivity contribution in [1.82, 2.24) is 25.6 Å². The molecule has 1 aromatic rings. The van der Waals surface area contributed by atoms with E-state index in [1.165, 1.54) is 6.20 Å². The zero-order valence-corrected chi connectivity index (χ0v) is 8.87. The minimum absolute atomic E-state index is 0.162. The van der Waals surface area contributed by atoms with Gasteiger partial charge in [-0.3, -0.25) is 9.48 Å². The minimum atomic E-state index is -4.38. The summed E-state index contributed by atoms with van der Waals surface area (Å²) in [6.45, 7) is -0.559. The van der Waals surface area contributed by atoms with Crippen LogP contribution in [0.15, 0.2) is 12.4 Å². The summed E-state index contributed by atoms with van der Waals surface area (Å²) in [5, 5.41) is 11.7. The Labute approximate surface area is 95.2 Å². The molecule has 0 aliphatic heterocycles. The number of nitrogens with one attached hydrogen (secondary N) is 2. The summed E-state index contributed by atoms with van der Waals surface area (Å²) in [4.78, 5) is 10.9. The molecule has 0 aromatic carbocycles. The lowest BCUT2D eigenvalue weighted by molar-refractivity contribution is -0.137. The summed E-state index contributed by atoms with van der Waals surface area (Å²) in [6.07, 6.45) is -1.22. The third kappa shape index (κ3) is 6.51. The van der Waals surface area contributed by atoms with Gasteiger partial charge in [0.05, 0.1) is 19.3 Å². The molecule has 9 heteroatoms. The van der Waals surface area contributed by atoms with Crippen LogP contribution in [-0.4, -0.2) is 46.7 Å². The van der Waals surface area contributed by atoms with Gasteiger partial charge < -0.3 is 10.6 Å². The third-order valence-electron chi connectivity index (χ3n) is 1.76. The highest BCUT2D eigenvalue weighted by molar-refractivity contribution is 5.77. The van der Waals surface area contributed by atoms with Crippen molar-refractivity contribution >= 4 is 5.91 Å². The predicted octanol–water partition coefficient (Wildman–Crippen LogP) is -0.454. The van der Waals surface area contributed by atoms with Crippen molar-refractivity contribution in [3.05, 3.63) is 12.4 Å². The monoisotopic (exact) mass is 251 g/mol. The van der Waals surface area contributed by atoms with Crippen molar-refractivity contribution in [2.75, 3.05) is 19.6 Å². The number of hydrogen-bond acceptors (Lipinski definition) is 4. The Balaban J connectivity index is 2.04. The summed E-state index contributed by atoms with van der Waals surface area (Å²) in [5.74, 6) is -0.694. The van der Waals surface area contributed by atoms with Gasteiger partial charge in [0, 0.05) is 12.7 Å². The van der Waals surface area contributed by atoms with E-state index in [1.54, 1.807) is 16.2 Å². The molecule has 0 unspecified atom stereocenters. The van der Waals surface area contributed by atoms with E-state index >= 15 is 0 Å². The van der Waals surface area contributed by atoms with Crippen LogP contribution in [0.2, 0.25) is 0 Å². The molecule has 2 N–H and O–H groups in total. The molecule has 0 radical (unpaired) electrons. The van der Waals surface area contributed by atoms with Crippen LogP contribution in [0.3, 0.4) is 0 Å². The fourth-order valence-corrected chi connectivity index (χ4v) is 1.01. The average molecular weight is 251 g/mol. The second-order valence-electron chi connectivity index (χ2n) is 3.23. The first-order valence-corrected chi connectivity index (χ1v) is 4.85. The lowest BCUT2D eigenvalue weighted by Gasteiger charge is -2.08. The van der Waals surface area contributed by atoms with E-state index in [-0.39, 0.29) is 6.54 Å². The van der Waals surface area contributed by atoms with Crippen molar-refractivity contribution in [3.63, 3.8) is 0 Å². The second-order valence-corrected chi connectivity index (χ2v) is 3.23. The van der Waals surface area contributed by atoms with Gasteiger partial charge in [-0.25, -0.2) is 0 Å². The van der Waals surface area contributed by atoms with Crippen molar-refractivity contribution in [3.8, 4) is 0 Å². The highest BCUT2D eigenvalue weighted by Gasteiger charge is 2.27. The minimum Gasteiger partial charge on any atom is -0.346 e. The van der Waals surface area contributed by atoms with Crippen LogP contribution in [0.1, 0.15) is 0 Å². The van der Waals surface area contributed by atoms with Gasteiger partial charge in [-0.2, -0.15) is 13.2 Å². The first-order chi connectivity index (χ1) is 7.97. The Morgan fingerprint density at radius 2 is 2.18 bits per heavy atom. The number of halogens is 3. The lowest BCUT2D eigenvalue weighted by atomic mass is 10.5. The standard InChI is InChI=1S/C8H12F3N5O/c9-8(10,11)6-13-7(17)5-12-1-3-16-4-2-14-15-16/h2,4,12H,1,3,5-6H2,(H,13,17). The van der Waals surface area contributed by atoms with Crippen molar-refractivity contribution < 1.29 is 18.0 Å². The number of carbonyl (C=O) groups is 1. The normalized spacial score (nSPS) is 11.5. The summed E-state index contributed by atoms with van der Waals surface area (Å²) in [7, 11) is 0. The van der Waals surface area contributed by atoms with Crippen LogP contribution in [0.5, 0.6) is 0 Å². The Morgan fingerprint density at radius 1 is 1.41 bits per heavy atom. The molecule has 0 spiro atoms. The molecule has 0 atom stereocenters. The van der Waals surface area contributed by atoms with Gasteiger partial charge in [0.15, 0.2) is 0 Å². The molecule has 1 amide bonds. The molecule has 0 fully saturated rings. The maximum atomic E-state index is 11.7. The van der Waals surface area contributed by atoms with E-state index in [9.17, 15) is 18.0 Å². The first-order valence-electron chi connectivity index (χ1n) is 4.85. The molecule has 1 aromatic heterocycles. The van der Waals surface area contributed by atoms with E-state index in [1.807, 2.05) is 0 Å². The van der Waals surface area contributed by atoms with Crippen molar-refractivity contribution in [1.29, 1.82) is 0 Å². The van der Waals surface area contributed by atoms with E-state index < -0.39 is 18.6 Å². The number of hydrogen-bond donors (Lipinski definition) is 2. The molecule has 0 aliphatic rings. The van der Waals surface area contributed by atoms with E-state index in [0.717, 1.165) is 0 Å². The summed E-state index contributed by atoms with van der Waals surface area (Å²) in [5.41, 5.74) is 0. The average Bonchev–Trinajstić information content (AvgIpc) is 2.73. The molecule has 96 valence electrons. The van der Waals surface area contributed by atoms with Crippen molar-refractivity contribution in [2.45, 2.75) is 12.7 Å². The molecule has 0 saturated carbocycles. The summed E-state index contributed by atoms with van der Waals surface area (Å²) < 4.78 is 36.8. The van der Waals surface area contributed by atoms with Crippen LogP contribution in [-0.2, 0) is 11.3 Å². The third-order valence-corrected chi connectivity index (χ3v) is 1.76. The van der Waals surface area contributed by atoms with Crippen LogP contribution >= 0.6 is 0 Å². The number of carbonyl (C=O) groups excluding carboxylic acids is 1. The number of aromatic nitrogens is 3. The number of amides is 1. The summed E-state index contributed by atoms with van der Waals surface area (Å²) >= 11 is 0. The zero-order chi connectivity index (χ0) is 12.7. The quantitative estimate of drug-likeness (QED) is 0.671. The molecule has 1 heterocycles. The highest BCUT2D eigenvalue weighted by atomic mass is 19.4. The van der Waals surface area contributed by atoms with E-state index in [0.29, 0.717) is 13.1 Å². The smallest absolute Gasteiger partial charge is 0.346 e. The fraction of sp³-hybridized carbons (Fsp3) is 0.625. The second kappa shape index (κ2) is 6.18. The number of alkyl halides is 3. The largest absolute Gasteiger partial charge is 0.405 e. The Kier molecular flexibility index (Phi) is 4.88. The zero-order valence-electron chi connectivity index (χ0n) is 8.87. The molecule has 0 saturated heterocycles. The van der Waals surface area contributed by atoms with E-state index in [4.69, 9.17) is 0 Å². The van der Waals surface area contributed by atoms with Crippen LogP contribution in [0.25, 0.3) is 0 Å². The van der Waals surface area contributed by atoms with Crippen LogP contribution < -0.4 is 10.6 Å². The van der Waals surface area contributed by atoms with Gasteiger partial charge in [-0.1, -0.05) is 5.21 Å². The van der Waals surface area contributed by atoms with Gasteiger partial charge in [-0.15, -0.1) is 5.10 Å². The Morgan fingerprint density at radius 3 is 2.76 bits per heavy atom. The molecule has 1 rings (SSSR count). The molecular formula is C8H12F3N5O. The van der Waals surface area contributed by atoms with Gasteiger partial charge in [0.2, 0.25) is 5.91 Å². The number of rotatable bonds is 6. The van der Waals surface area contributed by atoms with Gasteiger partial charge >= 0.3 is 6.18 Å². The van der Waals surface area contributed by atoms with Gasteiger partial charge in [0.25, 0.3) is 0 Å².